The average molecular weight is 435 g/mol. The Morgan fingerprint density at radius 2 is 1.81 bits per heavy atom. The Morgan fingerprint density at radius 1 is 1.15 bits per heavy atom. The number of hydrogen-bond donors (Lipinski definition) is 0. The maximum atomic E-state index is 13.1. The van der Waals surface area contributed by atoms with E-state index in [2.05, 4.69) is 4.40 Å². The Balaban J connectivity index is 2.26. The number of nitrogens with zero attached hydrogens (tertiary/aromatic N) is 2. The highest BCUT2D eigenvalue weighted by molar-refractivity contribution is 7.90. The molecule has 10 heteroatoms. The molecule has 0 spiro atoms. The second-order valence-corrected chi connectivity index (χ2v) is 8.65. The van der Waals surface area contributed by atoms with E-state index >= 15 is 0 Å². The fourth-order valence-corrected chi connectivity index (χ4v) is 5.21. The lowest BCUT2D eigenvalue weighted by Crippen LogP contribution is -2.19. The van der Waals surface area contributed by atoms with Crippen LogP contribution in [0.3, 0.4) is 0 Å². The first kappa shape index (κ1) is 19.3. The van der Waals surface area contributed by atoms with Gasteiger partial charge in [-0.1, -0.05) is 34.5 Å². The van der Waals surface area contributed by atoms with E-state index in [4.69, 9.17) is 27.9 Å². The van der Waals surface area contributed by atoms with Crippen LogP contribution in [0.15, 0.2) is 45.7 Å². The second-order valence-electron chi connectivity index (χ2n) is 5.26. The quantitative estimate of drug-likeness (QED) is 0.607. The van der Waals surface area contributed by atoms with Gasteiger partial charge >= 0.3 is 0 Å². The smallest absolute Gasteiger partial charge is 0.285 e. The van der Waals surface area contributed by atoms with Gasteiger partial charge in [0.1, 0.15) is 5.82 Å². The maximum Gasteiger partial charge on any atom is 0.285 e. The molecular weight excluding hydrogens is 422 g/mol. The molecule has 3 rings (SSSR count). The molecule has 0 amide bonds. The summed E-state index contributed by atoms with van der Waals surface area (Å²) in [6.45, 7) is 0.673. The molecule has 0 aliphatic heterocycles. The predicted molar refractivity (Wildman–Crippen MR) is 101 cm³/mol. The molecule has 0 saturated heterocycles. The molecule has 1 aromatic heterocycles. The number of fused-ring (bicyclic) bond motifs is 1. The molecule has 0 fully saturated rings. The number of methoxy groups -OCH3 is 1. The molecule has 0 radical (unpaired) electrons. The Labute approximate surface area is 163 Å². The summed E-state index contributed by atoms with van der Waals surface area (Å²) in [5, 5.41) is 0.874. The third-order valence-corrected chi connectivity index (χ3v) is 6.80. The van der Waals surface area contributed by atoms with E-state index in [-0.39, 0.29) is 9.70 Å². The first-order valence-corrected chi connectivity index (χ1v) is 10.4. The fraction of sp³-hybridized carbons (Fsp3) is 0.188. The van der Waals surface area contributed by atoms with E-state index in [1.807, 2.05) is 0 Å². The van der Waals surface area contributed by atoms with Crippen LogP contribution in [0.1, 0.15) is 0 Å². The monoisotopic (exact) mass is 434 g/mol. The summed E-state index contributed by atoms with van der Waals surface area (Å²) in [6, 6.07) is 7.75. The molecule has 2 aromatic carbocycles. The first-order valence-electron chi connectivity index (χ1n) is 7.36. The van der Waals surface area contributed by atoms with Crippen LogP contribution in [0.4, 0.5) is 4.39 Å². The van der Waals surface area contributed by atoms with E-state index in [1.54, 1.807) is 16.7 Å². The van der Waals surface area contributed by atoms with Crippen LogP contribution in [-0.2, 0) is 21.3 Å². The van der Waals surface area contributed by atoms with Crippen LogP contribution in [0.25, 0.3) is 10.2 Å². The summed E-state index contributed by atoms with van der Waals surface area (Å²) in [6.07, 6.45) is 0. The maximum absolute atomic E-state index is 13.1. The number of benzene rings is 2. The molecule has 138 valence electrons. The van der Waals surface area contributed by atoms with Crippen molar-refractivity contribution >= 4 is 54.8 Å². The lowest BCUT2D eigenvalue weighted by molar-refractivity contribution is 0.187. The molecule has 26 heavy (non-hydrogen) atoms. The van der Waals surface area contributed by atoms with Crippen LogP contribution >= 0.6 is 34.5 Å². The average Bonchev–Trinajstić information content (AvgIpc) is 2.95. The minimum absolute atomic E-state index is 0.105. The van der Waals surface area contributed by atoms with Gasteiger partial charge in [0.15, 0.2) is 0 Å². The lowest BCUT2D eigenvalue weighted by atomic mass is 10.3. The van der Waals surface area contributed by atoms with Crippen molar-refractivity contribution in [1.82, 2.24) is 4.57 Å². The van der Waals surface area contributed by atoms with Gasteiger partial charge in [-0.05, 0) is 36.4 Å². The molecule has 0 saturated carbocycles. The van der Waals surface area contributed by atoms with E-state index in [0.29, 0.717) is 33.4 Å². The van der Waals surface area contributed by atoms with E-state index in [1.165, 1.54) is 19.2 Å². The first-order chi connectivity index (χ1) is 12.3. The Bertz CT molecular complexity index is 1120. The molecule has 0 aliphatic rings. The van der Waals surface area contributed by atoms with Gasteiger partial charge in [-0.2, -0.15) is 8.42 Å². The van der Waals surface area contributed by atoms with Crippen molar-refractivity contribution in [2.45, 2.75) is 11.4 Å². The molecule has 3 aromatic rings. The zero-order valence-electron chi connectivity index (χ0n) is 13.4. The van der Waals surface area contributed by atoms with Gasteiger partial charge in [0.2, 0.25) is 4.80 Å². The topological polar surface area (TPSA) is 60.7 Å². The number of aromatic nitrogens is 1. The minimum atomic E-state index is -4.03. The SMILES string of the molecule is COCCn1c(=NS(=O)(=O)c2ccc(F)cc2)sc2c(Cl)ccc(Cl)c21. The zero-order valence-corrected chi connectivity index (χ0v) is 16.6. The van der Waals surface area contributed by atoms with Gasteiger partial charge in [-0.3, -0.25) is 0 Å². The number of thiazole rings is 1. The molecule has 0 aliphatic carbocycles. The van der Waals surface area contributed by atoms with Crippen LogP contribution in [0.2, 0.25) is 10.0 Å². The van der Waals surface area contributed by atoms with Crippen molar-refractivity contribution in [3.05, 3.63) is 57.1 Å². The summed E-state index contributed by atoms with van der Waals surface area (Å²) >= 11 is 13.6. The molecule has 0 bridgehead atoms. The number of hydrogen-bond acceptors (Lipinski definition) is 4. The molecule has 5 nitrogen and oxygen atoms in total. The van der Waals surface area contributed by atoms with Gasteiger partial charge in [0.25, 0.3) is 10.0 Å². The largest absolute Gasteiger partial charge is 0.383 e. The summed E-state index contributed by atoms with van der Waals surface area (Å²) in [4.78, 5) is 0.100. The van der Waals surface area contributed by atoms with Crippen molar-refractivity contribution < 1.29 is 17.5 Å². The van der Waals surface area contributed by atoms with Crippen molar-refractivity contribution in [2.24, 2.45) is 4.40 Å². The number of rotatable bonds is 5. The van der Waals surface area contributed by atoms with E-state index < -0.39 is 15.8 Å². The Kier molecular flexibility index (Phi) is 5.69. The van der Waals surface area contributed by atoms with Gasteiger partial charge < -0.3 is 9.30 Å². The minimum Gasteiger partial charge on any atom is -0.383 e. The summed E-state index contributed by atoms with van der Waals surface area (Å²) in [7, 11) is -2.49. The number of halogens is 3. The summed E-state index contributed by atoms with van der Waals surface area (Å²) in [5.41, 5.74) is 0.592. The Hall–Kier alpha value is -1.45. The number of ether oxygens (including phenoxy) is 1. The molecule has 0 unspecified atom stereocenters. The normalized spacial score (nSPS) is 12.8. The van der Waals surface area contributed by atoms with Crippen LogP contribution in [0, 0.1) is 5.82 Å². The molecular formula is C16H13Cl2FN2O3S2. The van der Waals surface area contributed by atoms with Crippen molar-refractivity contribution in [3.63, 3.8) is 0 Å². The predicted octanol–water partition coefficient (Wildman–Crippen LogP) is 4.08. The summed E-state index contributed by atoms with van der Waals surface area (Å²) < 4.78 is 49.5. The van der Waals surface area contributed by atoms with Crippen molar-refractivity contribution in [1.29, 1.82) is 0 Å². The van der Waals surface area contributed by atoms with Gasteiger partial charge in [-0.15, -0.1) is 4.40 Å². The highest BCUT2D eigenvalue weighted by atomic mass is 35.5. The summed E-state index contributed by atoms with van der Waals surface area (Å²) in [5.74, 6) is -0.528. The van der Waals surface area contributed by atoms with Crippen LogP contribution in [-0.4, -0.2) is 26.7 Å². The van der Waals surface area contributed by atoms with Crippen molar-refractivity contribution in [2.75, 3.05) is 13.7 Å². The number of sulfonamides is 1. The standard InChI is InChI=1S/C16H13Cl2FN2O3S2/c1-24-9-8-21-14-12(17)6-7-13(18)15(14)25-16(21)20-26(22,23)11-4-2-10(19)3-5-11/h2-7H,8-9H2,1H3. The zero-order chi connectivity index (χ0) is 18.9. The fourth-order valence-electron chi connectivity index (χ4n) is 2.33. The van der Waals surface area contributed by atoms with Gasteiger partial charge in [0, 0.05) is 13.7 Å². The highest BCUT2D eigenvalue weighted by Crippen LogP contribution is 2.32. The third-order valence-electron chi connectivity index (χ3n) is 3.56. The lowest BCUT2D eigenvalue weighted by Gasteiger charge is -2.06. The van der Waals surface area contributed by atoms with Crippen LogP contribution < -0.4 is 4.80 Å². The van der Waals surface area contributed by atoms with Gasteiger partial charge in [0.05, 0.1) is 31.8 Å². The Morgan fingerprint density at radius 3 is 2.46 bits per heavy atom. The molecule has 0 N–H and O–H groups in total. The third kappa shape index (κ3) is 3.79. The van der Waals surface area contributed by atoms with E-state index in [9.17, 15) is 12.8 Å². The van der Waals surface area contributed by atoms with Crippen molar-refractivity contribution in [3.8, 4) is 0 Å². The van der Waals surface area contributed by atoms with E-state index in [0.717, 1.165) is 23.5 Å². The van der Waals surface area contributed by atoms with Gasteiger partial charge in [-0.25, -0.2) is 4.39 Å². The van der Waals surface area contributed by atoms with Crippen LogP contribution in [0.5, 0.6) is 0 Å². The molecule has 1 heterocycles. The highest BCUT2D eigenvalue weighted by Gasteiger charge is 2.17. The second kappa shape index (κ2) is 7.66. The molecule has 0 atom stereocenters.